The molecule has 1 heterocycles. The predicted molar refractivity (Wildman–Crippen MR) is 60.8 cm³/mol. The number of carbonyl (C=O) groups excluding carboxylic acids is 2. The molecule has 0 aromatic rings. The SMILES string of the molecule is C/C=C/C=C/C(=O)N1C(=O)OC[C@@H]1C(C)C. The number of ether oxygens (including phenoxy) is 1. The Morgan fingerprint density at radius 1 is 1.50 bits per heavy atom. The lowest BCUT2D eigenvalue weighted by atomic mass is 10.0. The highest BCUT2D eigenvalue weighted by Crippen LogP contribution is 2.19. The van der Waals surface area contributed by atoms with Crippen molar-refractivity contribution >= 4 is 12.0 Å². The van der Waals surface area contributed by atoms with Crippen molar-refractivity contribution in [2.75, 3.05) is 6.61 Å². The minimum atomic E-state index is -0.547. The maximum Gasteiger partial charge on any atom is 0.417 e. The Hall–Kier alpha value is -1.58. The van der Waals surface area contributed by atoms with Crippen LogP contribution in [0.5, 0.6) is 0 Å². The van der Waals surface area contributed by atoms with Crippen molar-refractivity contribution in [3.63, 3.8) is 0 Å². The molecule has 0 radical (unpaired) electrons. The van der Waals surface area contributed by atoms with Crippen LogP contribution in [0.1, 0.15) is 20.8 Å². The molecular weight excluding hydrogens is 206 g/mol. The van der Waals surface area contributed by atoms with Gasteiger partial charge >= 0.3 is 6.09 Å². The highest BCUT2D eigenvalue weighted by Gasteiger charge is 2.38. The summed E-state index contributed by atoms with van der Waals surface area (Å²) >= 11 is 0. The highest BCUT2D eigenvalue weighted by molar-refractivity contribution is 5.99. The topological polar surface area (TPSA) is 46.6 Å². The zero-order valence-corrected chi connectivity index (χ0v) is 9.84. The van der Waals surface area contributed by atoms with E-state index in [1.807, 2.05) is 26.8 Å². The first-order valence-electron chi connectivity index (χ1n) is 5.37. The lowest BCUT2D eigenvalue weighted by Gasteiger charge is -2.20. The molecule has 88 valence electrons. The Labute approximate surface area is 95.6 Å². The van der Waals surface area contributed by atoms with Crippen molar-refractivity contribution in [3.05, 3.63) is 24.3 Å². The van der Waals surface area contributed by atoms with Gasteiger partial charge in [0.25, 0.3) is 5.91 Å². The Balaban J connectivity index is 2.75. The number of cyclic esters (lactones) is 1. The van der Waals surface area contributed by atoms with E-state index in [9.17, 15) is 9.59 Å². The van der Waals surface area contributed by atoms with E-state index >= 15 is 0 Å². The highest BCUT2D eigenvalue weighted by atomic mass is 16.6. The zero-order valence-electron chi connectivity index (χ0n) is 9.84. The van der Waals surface area contributed by atoms with Crippen LogP contribution in [-0.2, 0) is 9.53 Å². The first-order valence-corrected chi connectivity index (χ1v) is 5.37. The van der Waals surface area contributed by atoms with E-state index in [4.69, 9.17) is 4.74 Å². The molecule has 0 aromatic heterocycles. The summed E-state index contributed by atoms with van der Waals surface area (Å²) in [6, 6.07) is -0.157. The molecule has 1 aliphatic heterocycles. The second-order valence-corrected chi connectivity index (χ2v) is 3.98. The van der Waals surface area contributed by atoms with Gasteiger partial charge in [0.1, 0.15) is 6.61 Å². The van der Waals surface area contributed by atoms with Gasteiger partial charge in [-0.3, -0.25) is 4.79 Å². The zero-order chi connectivity index (χ0) is 12.1. The Morgan fingerprint density at radius 3 is 2.75 bits per heavy atom. The second-order valence-electron chi connectivity index (χ2n) is 3.98. The third-order valence-electron chi connectivity index (χ3n) is 2.46. The fourth-order valence-corrected chi connectivity index (χ4v) is 1.51. The predicted octanol–water partition coefficient (Wildman–Crippen LogP) is 2.12. The number of amides is 2. The minimum Gasteiger partial charge on any atom is -0.447 e. The summed E-state index contributed by atoms with van der Waals surface area (Å²) in [7, 11) is 0. The van der Waals surface area contributed by atoms with Gasteiger partial charge < -0.3 is 4.74 Å². The van der Waals surface area contributed by atoms with Crippen LogP contribution < -0.4 is 0 Å². The van der Waals surface area contributed by atoms with E-state index in [0.717, 1.165) is 0 Å². The number of nitrogens with zero attached hydrogens (tertiary/aromatic N) is 1. The van der Waals surface area contributed by atoms with Crippen LogP contribution in [0, 0.1) is 5.92 Å². The molecule has 16 heavy (non-hydrogen) atoms. The van der Waals surface area contributed by atoms with E-state index in [1.165, 1.54) is 11.0 Å². The molecule has 0 bridgehead atoms. The van der Waals surface area contributed by atoms with Gasteiger partial charge in [0.2, 0.25) is 0 Å². The number of hydrogen-bond donors (Lipinski definition) is 0. The number of imide groups is 1. The van der Waals surface area contributed by atoms with Crippen LogP contribution in [-0.4, -0.2) is 29.5 Å². The molecule has 1 saturated heterocycles. The first-order chi connectivity index (χ1) is 7.57. The molecule has 0 spiro atoms. The summed E-state index contributed by atoms with van der Waals surface area (Å²) in [6.45, 7) is 6.07. The fraction of sp³-hybridized carbons (Fsp3) is 0.500. The molecule has 1 rings (SSSR count). The third-order valence-corrected chi connectivity index (χ3v) is 2.46. The maximum absolute atomic E-state index is 11.7. The summed E-state index contributed by atoms with van der Waals surface area (Å²) in [4.78, 5) is 24.3. The molecule has 0 aromatic carbocycles. The summed E-state index contributed by atoms with van der Waals surface area (Å²) in [5.41, 5.74) is 0. The van der Waals surface area contributed by atoms with E-state index in [-0.39, 0.29) is 17.9 Å². The average Bonchev–Trinajstić information content (AvgIpc) is 2.60. The molecule has 0 unspecified atom stereocenters. The average molecular weight is 223 g/mol. The van der Waals surface area contributed by atoms with Crippen LogP contribution >= 0.6 is 0 Å². The summed E-state index contributed by atoms with van der Waals surface area (Å²) in [5, 5.41) is 0. The number of hydrogen-bond acceptors (Lipinski definition) is 3. The van der Waals surface area contributed by atoms with Crippen molar-refractivity contribution < 1.29 is 14.3 Å². The van der Waals surface area contributed by atoms with E-state index in [2.05, 4.69) is 0 Å². The molecular formula is C12H17NO3. The Kier molecular flexibility index (Phi) is 4.28. The van der Waals surface area contributed by atoms with Crippen molar-refractivity contribution in [1.82, 2.24) is 4.90 Å². The van der Waals surface area contributed by atoms with Crippen molar-refractivity contribution in [2.24, 2.45) is 5.92 Å². The van der Waals surface area contributed by atoms with Crippen LogP contribution in [0.2, 0.25) is 0 Å². The molecule has 1 fully saturated rings. The number of carbonyl (C=O) groups is 2. The van der Waals surface area contributed by atoms with Gasteiger partial charge in [-0.15, -0.1) is 0 Å². The molecule has 1 aliphatic rings. The molecule has 0 saturated carbocycles. The molecule has 1 atom stereocenters. The fourth-order valence-electron chi connectivity index (χ4n) is 1.51. The summed E-state index contributed by atoms with van der Waals surface area (Å²) in [5.74, 6) is -0.121. The van der Waals surface area contributed by atoms with Crippen molar-refractivity contribution in [3.8, 4) is 0 Å². The van der Waals surface area contributed by atoms with E-state index in [1.54, 1.807) is 12.2 Å². The first kappa shape index (κ1) is 12.5. The molecule has 4 heteroatoms. The van der Waals surface area contributed by atoms with Crippen molar-refractivity contribution in [1.29, 1.82) is 0 Å². The van der Waals surface area contributed by atoms with Gasteiger partial charge in [0, 0.05) is 6.08 Å². The number of allylic oxidation sites excluding steroid dienone is 3. The van der Waals surface area contributed by atoms with Crippen LogP contribution in [0.3, 0.4) is 0 Å². The van der Waals surface area contributed by atoms with Crippen LogP contribution in [0.4, 0.5) is 4.79 Å². The van der Waals surface area contributed by atoms with Gasteiger partial charge in [-0.1, -0.05) is 32.1 Å². The quantitative estimate of drug-likeness (QED) is 0.544. The summed E-state index contributed by atoms with van der Waals surface area (Å²) in [6.07, 6.45) is 6.00. The lowest BCUT2D eigenvalue weighted by Crippen LogP contribution is -2.40. The van der Waals surface area contributed by atoms with Gasteiger partial charge in [-0.25, -0.2) is 9.69 Å². The largest absolute Gasteiger partial charge is 0.447 e. The molecule has 0 aliphatic carbocycles. The molecule has 2 amide bonds. The van der Waals surface area contributed by atoms with Gasteiger partial charge in [0.05, 0.1) is 6.04 Å². The van der Waals surface area contributed by atoms with Crippen molar-refractivity contribution in [2.45, 2.75) is 26.8 Å². The lowest BCUT2D eigenvalue weighted by molar-refractivity contribution is -0.124. The van der Waals surface area contributed by atoms with E-state index in [0.29, 0.717) is 6.61 Å². The smallest absolute Gasteiger partial charge is 0.417 e. The molecule has 0 N–H and O–H groups in total. The summed E-state index contributed by atoms with van der Waals surface area (Å²) < 4.78 is 4.88. The monoisotopic (exact) mass is 223 g/mol. The van der Waals surface area contributed by atoms with E-state index < -0.39 is 6.09 Å². The number of rotatable bonds is 3. The standard InChI is InChI=1S/C12H17NO3/c1-4-5-6-7-11(14)13-10(9(2)3)8-16-12(13)15/h4-7,9-10H,8H2,1-3H3/b5-4+,7-6+/t10-/m1/s1. The van der Waals surface area contributed by atoms with Gasteiger partial charge in [-0.2, -0.15) is 0 Å². The Bertz CT molecular complexity index is 331. The van der Waals surface area contributed by atoms with Gasteiger partial charge in [-0.05, 0) is 12.8 Å². The van der Waals surface area contributed by atoms with Crippen LogP contribution in [0.25, 0.3) is 0 Å². The van der Waals surface area contributed by atoms with Gasteiger partial charge in [0.15, 0.2) is 0 Å². The molecule has 4 nitrogen and oxygen atoms in total. The Morgan fingerprint density at radius 2 is 2.19 bits per heavy atom. The normalized spacial score (nSPS) is 21.4. The second kappa shape index (κ2) is 5.49. The maximum atomic E-state index is 11.7. The van der Waals surface area contributed by atoms with Crippen LogP contribution in [0.15, 0.2) is 24.3 Å². The minimum absolute atomic E-state index is 0.157. The third kappa shape index (κ3) is 2.72.